The van der Waals surface area contributed by atoms with Crippen LogP contribution in [0.25, 0.3) is 22.6 Å². The van der Waals surface area contributed by atoms with E-state index >= 15 is 0 Å². The molecule has 1 fully saturated rings. The first kappa shape index (κ1) is 15.7. The molecule has 3 aromatic rings. The minimum atomic E-state index is -0.304. The highest BCUT2D eigenvalue weighted by Gasteiger charge is 2.24. The van der Waals surface area contributed by atoms with Crippen LogP contribution in [0.3, 0.4) is 0 Å². The Morgan fingerprint density at radius 2 is 1.92 bits per heavy atom. The van der Waals surface area contributed by atoms with E-state index in [0.717, 1.165) is 31.6 Å². The average molecular weight is 338 g/mol. The van der Waals surface area contributed by atoms with E-state index in [1.165, 1.54) is 6.07 Å². The third-order valence-corrected chi connectivity index (χ3v) is 4.54. The minimum Gasteiger partial charge on any atom is -0.368 e. The number of halogens is 1. The second-order valence-corrected chi connectivity index (χ2v) is 6.11. The summed E-state index contributed by atoms with van der Waals surface area (Å²) >= 11 is 0. The summed E-state index contributed by atoms with van der Waals surface area (Å²) in [6, 6.07) is 8.73. The zero-order chi connectivity index (χ0) is 17.2. The molecule has 6 nitrogen and oxygen atoms in total. The molecule has 0 saturated carbocycles. The number of benzene rings is 1. The first-order valence-electron chi connectivity index (χ1n) is 8.35. The number of hydrogen-bond acceptors (Lipinski definition) is 5. The van der Waals surface area contributed by atoms with Gasteiger partial charge in [0.25, 0.3) is 0 Å². The van der Waals surface area contributed by atoms with Gasteiger partial charge in [-0.3, -0.25) is 0 Å². The monoisotopic (exact) mass is 338 g/mol. The molecule has 0 aliphatic carbocycles. The molecule has 0 bridgehead atoms. The Balaban J connectivity index is 1.90. The maximum atomic E-state index is 14.4. The smallest absolute Gasteiger partial charge is 0.220 e. The van der Waals surface area contributed by atoms with Crippen LogP contribution in [0.2, 0.25) is 0 Å². The lowest BCUT2D eigenvalue weighted by atomic mass is 10.0. The van der Waals surface area contributed by atoms with Gasteiger partial charge < -0.3 is 15.6 Å². The Hall–Kier alpha value is -2.80. The molecule has 1 aromatic carbocycles. The quantitative estimate of drug-likeness (QED) is 0.767. The standard InChI is InChI=1S/C18H19FN6/c19-14-4-2-1-3-13(14)16-17(15-7-10-22-18(20)24-15)25(11-23-16)12-5-8-21-9-6-12/h1-4,7,10-12,21H,5-6,8-9H2,(H2,20,22,24). The third-order valence-electron chi connectivity index (χ3n) is 4.54. The summed E-state index contributed by atoms with van der Waals surface area (Å²) < 4.78 is 16.5. The fourth-order valence-corrected chi connectivity index (χ4v) is 3.33. The number of anilines is 1. The summed E-state index contributed by atoms with van der Waals surface area (Å²) in [6.07, 6.45) is 5.37. The van der Waals surface area contributed by atoms with Gasteiger partial charge in [0, 0.05) is 17.8 Å². The van der Waals surface area contributed by atoms with Crippen molar-refractivity contribution in [1.82, 2.24) is 24.8 Å². The van der Waals surface area contributed by atoms with Gasteiger partial charge in [0.1, 0.15) is 11.5 Å². The Bertz CT molecular complexity index is 885. The van der Waals surface area contributed by atoms with Crippen molar-refractivity contribution in [3.05, 3.63) is 48.7 Å². The van der Waals surface area contributed by atoms with Gasteiger partial charge in [-0.15, -0.1) is 0 Å². The number of nitrogen functional groups attached to an aromatic ring is 1. The van der Waals surface area contributed by atoms with E-state index in [9.17, 15) is 4.39 Å². The summed E-state index contributed by atoms with van der Waals surface area (Å²) in [5, 5.41) is 3.36. The summed E-state index contributed by atoms with van der Waals surface area (Å²) in [4.78, 5) is 12.8. The molecule has 2 aromatic heterocycles. The summed E-state index contributed by atoms with van der Waals surface area (Å²) in [6.45, 7) is 1.90. The molecule has 1 aliphatic heterocycles. The normalized spacial score (nSPS) is 15.4. The van der Waals surface area contributed by atoms with Crippen molar-refractivity contribution in [2.45, 2.75) is 18.9 Å². The predicted molar refractivity (Wildman–Crippen MR) is 94.2 cm³/mol. The van der Waals surface area contributed by atoms with Gasteiger partial charge in [0.15, 0.2) is 0 Å². The van der Waals surface area contributed by atoms with Gasteiger partial charge >= 0.3 is 0 Å². The molecule has 3 N–H and O–H groups in total. The molecule has 7 heteroatoms. The lowest BCUT2D eigenvalue weighted by Gasteiger charge is -2.25. The topological polar surface area (TPSA) is 81.6 Å². The zero-order valence-electron chi connectivity index (χ0n) is 13.7. The molecule has 128 valence electrons. The largest absolute Gasteiger partial charge is 0.368 e. The summed E-state index contributed by atoms with van der Waals surface area (Å²) in [5.74, 6) is -0.114. The average Bonchev–Trinajstić information content (AvgIpc) is 3.08. The van der Waals surface area contributed by atoms with Crippen LogP contribution in [0.15, 0.2) is 42.9 Å². The first-order chi connectivity index (χ1) is 12.2. The van der Waals surface area contributed by atoms with E-state index in [0.29, 0.717) is 23.0 Å². The van der Waals surface area contributed by atoms with Gasteiger partial charge in [-0.2, -0.15) is 0 Å². The Labute approximate surface area is 144 Å². The zero-order valence-corrected chi connectivity index (χ0v) is 13.7. The number of aromatic nitrogens is 4. The van der Waals surface area contributed by atoms with Gasteiger partial charge in [-0.1, -0.05) is 12.1 Å². The van der Waals surface area contributed by atoms with E-state index in [1.54, 1.807) is 36.8 Å². The van der Waals surface area contributed by atoms with Crippen LogP contribution < -0.4 is 11.1 Å². The van der Waals surface area contributed by atoms with E-state index in [1.807, 2.05) is 0 Å². The summed E-state index contributed by atoms with van der Waals surface area (Å²) in [7, 11) is 0. The van der Waals surface area contributed by atoms with E-state index in [4.69, 9.17) is 5.73 Å². The maximum Gasteiger partial charge on any atom is 0.220 e. The highest BCUT2D eigenvalue weighted by Crippen LogP contribution is 2.35. The number of nitrogens with one attached hydrogen (secondary N) is 1. The van der Waals surface area contributed by atoms with Crippen molar-refractivity contribution in [3.8, 4) is 22.6 Å². The maximum absolute atomic E-state index is 14.4. The highest BCUT2D eigenvalue weighted by atomic mass is 19.1. The Kier molecular flexibility index (Phi) is 4.15. The molecule has 0 spiro atoms. The molecule has 0 unspecified atom stereocenters. The molecular weight excluding hydrogens is 319 g/mol. The molecule has 4 rings (SSSR count). The van der Waals surface area contributed by atoms with Crippen molar-refractivity contribution in [2.24, 2.45) is 0 Å². The first-order valence-corrected chi connectivity index (χ1v) is 8.35. The Morgan fingerprint density at radius 3 is 2.68 bits per heavy atom. The van der Waals surface area contributed by atoms with Crippen molar-refractivity contribution in [1.29, 1.82) is 0 Å². The van der Waals surface area contributed by atoms with Crippen LogP contribution in [0.1, 0.15) is 18.9 Å². The number of imidazole rings is 1. The SMILES string of the molecule is Nc1nccc(-c2c(-c3ccccc3F)ncn2C2CCNCC2)n1. The number of nitrogens with two attached hydrogens (primary N) is 1. The van der Waals surface area contributed by atoms with Crippen LogP contribution in [0.4, 0.5) is 10.3 Å². The fourth-order valence-electron chi connectivity index (χ4n) is 3.33. The number of nitrogens with zero attached hydrogens (tertiary/aromatic N) is 4. The molecule has 25 heavy (non-hydrogen) atoms. The predicted octanol–water partition coefficient (Wildman–Crippen LogP) is 2.65. The van der Waals surface area contributed by atoms with Crippen molar-refractivity contribution >= 4 is 5.95 Å². The molecule has 1 saturated heterocycles. The number of piperidine rings is 1. The fraction of sp³-hybridized carbons (Fsp3) is 0.278. The van der Waals surface area contributed by atoms with Crippen LogP contribution in [0.5, 0.6) is 0 Å². The molecular formula is C18H19FN6. The lowest BCUT2D eigenvalue weighted by molar-refractivity contribution is 0.370. The second-order valence-electron chi connectivity index (χ2n) is 6.11. The number of hydrogen-bond donors (Lipinski definition) is 2. The van der Waals surface area contributed by atoms with Crippen molar-refractivity contribution in [2.75, 3.05) is 18.8 Å². The van der Waals surface area contributed by atoms with Crippen LogP contribution in [-0.4, -0.2) is 32.6 Å². The van der Waals surface area contributed by atoms with Crippen molar-refractivity contribution in [3.63, 3.8) is 0 Å². The van der Waals surface area contributed by atoms with Crippen LogP contribution in [-0.2, 0) is 0 Å². The molecule has 0 amide bonds. The molecule has 3 heterocycles. The molecule has 0 atom stereocenters. The van der Waals surface area contributed by atoms with Crippen LogP contribution >= 0.6 is 0 Å². The van der Waals surface area contributed by atoms with Gasteiger partial charge in [0.05, 0.1) is 17.7 Å². The number of rotatable bonds is 3. The van der Waals surface area contributed by atoms with Gasteiger partial charge in [0.2, 0.25) is 5.95 Å². The molecule has 0 radical (unpaired) electrons. The van der Waals surface area contributed by atoms with E-state index < -0.39 is 0 Å². The Morgan fingerprint density at radius 1 is 1.12 bits per heavy atom. The van der Waals surface area contributed by atoms with Crippen LogP contribution in [0, 0.1) is 5.82 Å². The highest BCUT2D eigenvalue weighted by molar-refractivity contribution is 5.77. The van der Waals surface area contributed by atoms with E-state index in [2.05, 4.69) is 24.8 Å². The van der Waals surface area contributed by atoms with Crippen molar-refractivity contribution < 1.29 is 4.39 Å². The van der Waals surface area contributed by atoms with Gasteiger partial charge in [-0.05, 0) is 44.1 Å². The second kappa shape index (κ2) is 6.60. The molecule has 1 aliphatic rings. The summed E-state index contributed by atoms with van der Waals surface area (Å²) in [5.41, 5.74) is 8.25. The van der Waals surface area contributed by atoms with Gasteiger partial charge in [-0.25, -0.2) is 19.3 Å². The minimum absolute atomic E-state index is 0.190. The third kappa shape index (κ3) is 2.98. The van der Waals surface area contributed by atoms with E-state index in [-0.39, 0.29) is 11.8 Å². The lowest BCUT2D eigenvalue weighted by Crippen LogP contribution is -2.29.